The molecule has 2 rings (SSSR count). The van der Waals surface area contributed by atoms with Crippen LogP contribution >= 0.6 is 0 Å². The van der Waals surface area contributed by atoms with Gasteiger partial charge in [0.05, 0.1) is 12.2 Å². The van der Waals surface area contributed by atoms with E-state index in [0.29, 0.717) is 5.92 Å². The average molecular weight is 267 g/mol. The van der Waals surface area contributed by atoms with Crippen molar-refractivity contribution < 1.29 is 4.79 Å². The fourth-order valence-electron chi connectivity index (χ4n) is 3.03. The molecule has 1 aliphatic heterocycles. The molecule has 0 radical (unpaired) electrons. The third kappa shape index (κ3) is 3.69. The summed E-state index contributed by atoms with van der Waals surface area (Å²) < 4.78 is 0. The molecule has 0 bridgehead atoms. The minimum absolute atomic E-state index is 0.0141. The quantitative estimate of drug-likeness (QED) is 0.762. The van der Waals surface area contributed by atoms with Gasteiger partial charge in [-0.15, -0.1) is 0 Å². The minimum atomic E-state index is -0.0141. The lowest BCUT2D eigenvalue weighted by molar-refractivity contribution is -0.130. The first kappa shape index (κ1) is 14.8. The molecule has 0 aromatic carbocycles. The fraction of sp³-hybridized carbons (Fsp3) is 0.933. The van der Waals surface area contributed by atoms with E-state index >= 15 is 0 Å². The van der Waals surface area contributed by atoms with E-state index in [0.717, 1.165) is 32.1 Å². The van der Waals surface area contributed by atoms with Crippen molar-refractivity contribution in [2.45, 2.75) is 65.2 Å². The maximum Gasteiger partial charge on any atom is 0.240 e. The van der Waals surface area contributed by atoms with Crippen LogP contribution in [0.5, 0.6) is 0 Å². The molecule has 4 nitrogen and oxygen atoms in total. The standard InChI is InChI=1S/C15H29N3O/c1-5-17(13-6-7-13)8-9-18-14(10-11(2)3)16-12(4)15(18)19/h11-14,16H,5-10H2,1-4H3. The second-order valence-electron chi connectivity index (χ2n) is 6.43. The van der Waals surface area contributed by atoms with E-state index in [1.807, 2.05) is 6.92 Å². The lowest BCUT2D eigenvalue weighted by Gasteiger charge is -2.29. The fourth-order valence-corrected chi connectivity index (χ4v) is 3.03. The summed E-state index contributed by atoms with van der Waals surface area (Å²) in [7, 11) is 0. The van der Waals surface area contributed by atoms with E-state index in [4.69, 9.17) is 0 Å². The van der Waals surface area contributed by atoms with Crippen molar-refractivity contribution in [3.63, 3.8) is 0 Å². The molecule has 1 amide bonds. The van der Waals surface area contributed by atoms with Gasteiger partial charge in [0.15, 0.2) is 0 Å². The first-order chi connectivity index (χ1) is 9.02. The van der Waals surface area contributed by atoms with Crippen molar-refractivity contribution in [2.75, 3.05) is 19.6 Å². The van der Waals surface area contributed by atoms with Crippen LogP contribution < -0.4 is 5.32 Å². The van der Waals surface area contributed by atoms with Gasteiger partial charge in [-0.1, -0.05) is 20.8 Å². The molecule has 1 heterocycles. The second kappa shape index (κ2) is 6.23. The molecular weight excluding hydrogens is 238 g/mol. The molecule has 1 aliphatic carbocycles. The molecular formula is C15H29N3O. The molecule has 2 fully saturated rings. The summed E-state index contributed by atoms with van der Waals surface area (Å²) >= 11 is 0. The number of amides is 1. The van der Waals surface area contributed by atoms with Crippen LogP contribution in [0.25, 0.3) is 0 Å². The van der Waals surface area contributed by atoms with Crippen LogP contribution in [0.15, 0.2) is 0 Å². The lowest BCUT2D eigenvalue weighted by atomic mass is 10.1. The predicted molar refractivity (Wildman–Crippen MR) is 77.8 cm³/mol. The molecule has 0 spiro atoms. The van der Waals surface area contributed by atoms with Crippen LogP contribution in [-0.2, 0) is 4.79 Å². The van der Waals surface area contributed by atoms with Gasteiger partial charge in [-0.3, -0.25) is 15.0 Å². The summed E-state index contributed by atoms with van der Waals surface area (Å²) in [6, 6.07) is 0.774. The maximum absolute atomic E-state index is 12.2. The predicted octanol–water partition coefficient (Wildman–Crippen LogP) is 1.66. The van der Waals surface area contributed by atoms with E-state index in [9.17, 15) is 4.79 Å². The zero-order valence-corrected chi connectivity index (χ0v) is 12.9. The molecule has 2 aliphatic rings. The number of hydrogen-bond acceptors (Lipinski definition) is 3. The highest BCUT2D eigenvalue weighted by Gasteiger charge is 2.37. The van der Waals surface area contributed by atoms with Crippen LogP contribution in [0.2, 0.25) is 0 Å². The minimum Gasteiger partial charge on any atom is -0.325 e. The van der Waals surface area contributed by atoms with Crippen molar-refractivity contribution >= 4 is 5.91 Å². The average Bonchev–Trinajstić information content (AvgIpc) is 3.13. The third-order valence-electron chi connectivity index (χ3n) is 4.26. The first-order valence-electron chi connectivity index (χ1n) is 7.83. The Kier molecular flexibility index (Phi) is 4.85. The summed E-state index contributed by atoms with van der Waals surface area (Å²) in [4.78, 5) is 16.8. The van der Waals surface area contributed by atoms with Gasteiger partial charge in [-0.05, 0) is 38.6 Å². The molecule has 2 unspecified atom stereocenters. The zero-order chi connectivity index (χ0) is 14.0. The van der Waals surface area contributed by atoms with Crippen LogP contribution in [0.1, 0.15) is 47.0 Å². The number of carbonyl (C=O) groups excluding carboxylic acids is 1. The Labute approximate surface area is 117 Å². The number of likely N-dealkylation sites (N-methyl/N-ethyl adjacent to an activating group) is 1. The Morgan fingerprint density at radius 3 is 2.63 bits per heavy atom. The number of hydrogen-bond donors (Lipinski definition) is 1. The van der Waals surface area contributed by atoms with Crippen molar-refractivity contribution in [3.05, 3.63) is 0 Å². The highest BCUT2D eigenvalue weighted by atomic mass is 16.2. The van der Waals surface area contributed by atoms with E-state index in [1.165, 1.54) is 12.8 Å². The first-order valence-corrected chi connectivity index (χ1v) is 7.83. The van der Waals surface area contributed by atoms with Crippen molar-refractivity contribution in [1.82, 2.24) is 15.1 Å². The number of rotatable bonds is 7. The Hall–Kier alpha value is -0.610. The number of nitrogens with zero attached hydrogens (tertiary/aromatic N) is 2. The summed E-state index contributed by atoms with van der Waals surface area (Å²) in [5, 5.41) is 3.43. The van der Waals surface area contributed by atoms with Crippen LogP contribution in [0.3, 0.4) is 0 Å². The van der Waals surface area contributed by atoms with Crippen molar-refractivity contribution in [1.29, 1.82) is 0 Å². The molecule has 0 aromatic rings. The highest BCUT2D eigenvalue weighted by Crippen LogP contribution is 2.26. The highest BCUT2D eigenvalue weighted by molar-refractivity contribution is 5.83. The molecule has 2 atom stereocenters. The van der Waals surface area contributed by atoms with Crippen molar-refractivity contribution in [2.24, 2.45) is 5.92 Å². The molecule has 1 saturated carbocycles. The Morgan fingerprint density at radius 2 is 2.11 bits per heavy atom. The van der Waals surface area contributed by atoms with Crippen LogP contribution in [0.4, 0.5) is 0 Å². The van der Waals surface area contributed by atoms with Gasteiger partial charge < -0.3 is 4.90 Å². The second-order valence-corrected chi connectivity index (χ2v) is 6.43. The van der Waals surface area contributed by atoms with E-state index < -0.39 is 0 Å². The molecule has 4 heteroatoms. The Balaban J connectivity index is 1.89. The Morgan fingerprint density at radius 1 is 1.42 bits per heavy atom. The Bertz CT molecular complexity index is 315. The van der Waals surface area contributed by atoms with Crippen molar-refractivity contribution in [3.8, 4) is 0 Å². The molecule has 1 N–H and O–H groups in total. The third-order valence-corrected chi connectivity index (χ3v) is 4.26. The summed E-state index contributed by atoms with van der Waals surface area (Å²) in [6.07, 6.45) is 3.96. The monoisotopic (exact) mass is 267 g/mol. The van der Waals surface area contributed by atoms with Gasteiger partial charge in [0.2, 0.25) is 5.91 Å². The van der Waals surface area contributed by atoms with E-state index in [2.05, 4.69) is 35.9 Å². The largest absolute Gasteiger partial charge is 0.325 e. The molecule has 1 saturated heterocycles. The van der Waals surface area contributed by atoms with Gasteiger partial charge in [-0.25, -0.2) is 0 Å². The SMILES string of the molecule is CCN(CCN1C(=O)C(C)NC1CC(C)C)C1CC1. The number of carbonyl (C=O) groups is 1. The molecule has 19 heavy (non-hydrogen) atoms. The summed E-state index contributed by atoms with van der Waals surface area (Å²) in [6.45, 7) is 11.6. The number of nitrogens with one attached hydrogen (secondary N) is 1. The molecule has 0 aromatic heterocycles. The smallest absolute Gasteiger partial charge is 0.240 e. The lowest BCUT2D eigenvalue weighted by Crippen LogP contribution is -2.43. The zero-order valence-electron chi connectivity index (χ0n) is 12.9. The van der Waals surface area contributed by atoms with Gasteiger partial charge in [0.1, 0.15) is 0 Å². The molecule has 110 valence electrons. The van der Waals surface area contributed by atoms with Gasteiger partial charge in [-0.2, -0.15) is 0 Å². The van der Waals surface area contributed by atoms with Crippen LogP contribution in [-0.4, -0.2) is 53.6 Å². The topological polar surface area (TPSA) is 35.6 Å². The van der Waals surface area contributed by atoms with Gasteiger partial charge in [0.25, 0.3) is 0 Å². The summed E-state index contributed by atoms with van der Waals surface area (Å²) in [5.74, 6) is 0.890. The normalized spacial score (nSPS) is 27.9. The van der Waals surface area contributed by atoms with Gasteiger partial charge in [0, 0.05) is 19.1 Å². The van der Waals surface area contributed by atoms with Crippen LogP contribution in [0, 0.1) is 5.92 Å². The van der Waals surface area contributed by atoms with E-state index in [1.54, 1.807) is 0 Å². The van der Waals surface area contributed by atoms with E-state index in [-0.39, 0.29) is 18.1 Å². The van der Waals surface area contributed by atoms with Gasteiger partial charge >= 0.3 is 0 Å². The summed E-state index contributed by atoms with van der Waals surface area (Å²) in [5.41, 5.74) is 0. The maximum atomic E-state index is 12.2.